The number of rotatable bonds is 4. The molecule has 0 spiro atoms. The summed E-state index contributed by atoms with van der Waals surface area (Å²) in [5, 5.41) is 3.14. The number of imidazole rings is 1. The number of carbonyl (C=O) groups excluding carboxylic acids is 1. The van der Waals surface area contributed by atoms with Gasteiger partial charge in [-0.3, -0.25) is 14.2 Å². The van der Waals surface area contributed by atoms with Crippen LogP contribution in [0.25, 0.3) is 11.2 Å². The smallest absolute Gasteiger partial charge is 0.332 e. The van der Waals surface area contributed by atoms with Crippen LogP contribution in [0.3, 0.4) is 0 Å². The lowest BCUT2D eigenvalue weighted by Crippen LogP contribution is -2.48. The van der Waals surface area contributed by atoms with Gasteiger partial charge < -0.3 is 14.8 Å². The van der Waals surface area contributed by atoms with E-state index in [1.807, 2.05) is 7.05 Å². The molecule has 1 saturated heterocycles. The number of hydrogen-bond donors (Lipinski definition) is 1. The van der Waals surface area contributed by atoms with Crippen molar-refractivity contribution in [3.8, 4) is 0 Å². The lowest BCUT2D eigenvalue weighted by Gasteiger charge is -2.32. The molecule has 9 nitrogen and oxygen atoms in total. The molecule has 0 aromatic carbocycles. The maximum Gasteiger partial charge on any atom is 0.332 e. The van der Waals surface area contributed by atoms with Crippen molar-refractivity contribution in [2.45, 2.75) is 19.4 Å². The summed E-state index contributed by atoms with van der Waals surface area (Å²) < 4.78 is 3.89. The number of hydrogen-bond acceptors (Lipinski definition) is 5. The Balaban J connectivity index is 0.00000243. The van der Waals surface area contributed by atoms with E-state index in [1.54, 1.807) is 23.6 Å². The van der Waals surface area contributed by atoms with E-state index < -0.39 is 11.2 Å². The highest BCUT2D eigenvalue weighted by molar-refractivity contribution is 5.85. The van der Waals surface area contributed by atoms with Gasteiger partial charge in [-0.15, -0.1) is 12.4 Å². The fourth-order valence-corrected chi connectivity index (χ4v) is 3.52. The zero-order chi connectivity index (χ0) is 18.1. The molecule has 26 heavy (non-hydrogen) atoms. The van der Waals surface area contributed by atoms with Crippen molar-refractivity contribution in [3.05, 3.63) is 27.2 Å². The van der Waals surface area contributed by atoms with E-state index in [0.29, 0.717) is 30.2 Å². The molecule has 0 radical (unpaired) electrons. The molecular formula is C16H25ClN6O3. The van der Waals surface area contributed by atoms with Crippen molar-refractivity contribution < 1.29 is 4.79 Å². The van der Waals surface area contributed by atoms with Crippen LogP contribution in [-0.2, 0) is 25.4 Å². The zero-order valence-corrected chi connectivity index (χ0v) is 16.1. The minimum atomic E-state index is -0.520. The third-order valence-electron chi connectivity index (χ3n) is 4.86. The van der Waals surface area contributed by atoms with Crippen molar-refractivity contribution in [2.75, 3.05) is 26.7 Å². The van der Waals surface area contributed by atoms with E-state index in [1.165, 1.54) is 10.9 Å². The molecular weight excluding hydrogens is 360 g/mol. The first-order valence-electron chi connectivity index (χ1n) is 8.47. The first-order chi connectivity index (χ1) is 11.9. The molecule has 1 N–H and O–H groups in total. The van der Waals surface area contributed by atoms with Crippen molar-refractivity contribution in [1.82, 2.24) is 28.9 Å². The SMILES string of the molecule is CNCC1CCCN(C(=O)Cn2c(=O)c3c(ncn3C)n(C)c2=O)C1.Cl. The first-order valence-corrected chi connectivity index (χ1v) is 8.47. The number of nitrogens with one attached hydrogen (secondary N) is 1. The summed E-state index contributed by atoms with van der Waals surface area (Å²) in [6.45, 7) is 1.94. The van der Waals surface area contributed by atoms with Gasteiger partial charge in [0.05, 0.1) is 6.33 Å². The fourth-order valence-electron chi connectivity index (χ4n) is 3.52. The standard InChI is InChI=1S/C16H24N6O3.ClH/c1-17-7-11-5-4-6-21(8-11)12(23)9-22-15(24)13-14(18-10-19(13)2)20(3)16(22)25;/h10-11,17H,4-9H2,1-3H3;1H. The number of aromatic nitrogens is 4. The van der Waals surface area contributed by atoms with Gasteiger partial charge in [-0.2, -0.15) is 0 Å². The van der Waals surface area contributed by atoms with Crippen LogP contribution in [0.5, 0.6) is 0 Å². The van der Waals surface area contributed by atoms with E-state index in [4.69, 9.17) is 0 Å². The molecule has 0 bridgehead atoms. The van der Waals surface area contributed by atoms with Gasteiger partial charge in [0.15, 0.2) is 11.2 Å². The largest absolute Gasteiger partial charge is 0.341 e. The summed E-state index contributed by atoms with van der Waals surface area (Å²) >= 11 is 0. The zero-order valence-electron chi connectivity index (χ0n) is 15.3. The Kier molecular flexibility index (Phi) is 6.25. The highest BCUT2D eigenvalue weighted by Crippen LogP contribution is 2.16. The summed E-state index contributed by atoms with van der Waals surface area (Å²) in [5.41, 5.74) is -0.349. The Morgan fingerprint density at radius 1 is 1.35 bits per heavy atom. The van der Waals surface area contributed by atoms with Crippen molar-refractivity contribution >= 4 is 29.5 Å². The number of likely N-dealkylation sites (tertiary alicyclic amines) is 1. The number of piperidine rings is 1. The molecule has 2 aromatic heterocycles. The molecule has 3 rings (SSSR count). The van der Waals surface area contributed by atoms with Gasteiger partial charge in [-0.25, -0.2) is 14.3 Å². The molecule has 1 aliphatic rings. The second kappa shape index (κ2) is 8.05. The third kappa shape index (κ3) is 3.54. The predicted octanol–water partition coefficient (Wildman–Crippen LogP) is -0.686. The molecule has 10 heteroatoms. The van der Waals surface area contributed by atoms with Crippen LogP contribution in [0.2, 0.25) is 0 Å². The summed E-state index contributed by atoms with van der Waals surface area (Å²) in [5.74, 6) is 0.211. The van der Waals surface area contributed by atoms with Crippen LogP contribution >= 0.6 is 12.4 Å². The van der Waals surface area contributed by atoms with E-state index >= 15 is 0 Å². The molecule has 1 fully saturated rings. The van der Waals surface area contributed by atoms with Gasteiger partial charge in [0.2, 0.25) is 5.91 Å². The quantitative estimate of drug-likeness (QED) is 0.753. The van der Waals surface area contributed by atoms with E-state index in [0.717, 1.165) is 24.0 Å². The number of carbonyl (C=O) groups is 1. The fraction of sp³-hybridized carbons (Fsp3) is 0.625. The van der Waals surface area contributed by atoms with Gasteiger partial charge in [0.1, 0.15) is 6.54 Å². The van der Waals surface area contributed by atoms with Crippen molar-refractivity contribution in [1.29, 1.82) is 0 Å². The van der Waals surface area contributed by atoms with Crippen LogP contribution < -0.4 is 16.6 Å². The highest BCUT2D eigenvalue weighted by atomic mass is 35.5. The molecule has 144 valence electrons. The summed E-state index contributed by atoms with van der Waals surface area (Å²) in [7, 11) is 5.15. The molecule has 1 unspecified atom stereocenters. The predicted molar refractivity (Wildman–Crippen MR) is 101 cm³/mol. The van der Waals surface area contributed by atoms with Crippen LogP contribution in [0.1, 0.15) is 12.8 Å². The Labute approximate surface area is 157 Å². The maximum atomic E-state index is 12.7. The monoisotopic (exact) mass is 384 g/mol. The van der Waals surface area contributed by atoms with E-state index in [9.17, 15) is 14.4 Å². The minimum absolute atomic E-state index is 0. The molecule has 1 atom stereocenters. The maximum absolute atomic E-state index is 12.7. The number of halogens is 1. The number of nitrogens with zero attached hydrogens (tertiary/aromatic N) is 5. The minimum Gasteiger partial charge on any atom is -0.341 e. The van der Waals surface area contributed by atoms with Crippen molar-refractivity contribution in [3.63, 3.8) is 0 Å². The molecule has 0 aliphatic carbocycles. The molecule has 1 amide bonds. The van der Waals surface area contributed by atoms with E-state index in [-0.39, 0.29) is 24.9 Å². The number of amides is 1. The summed E-state index contributed by atoms with van der Waals surface area (Å²) in [4.78, 5) is 43.7. The molecule has 2 aromatic rings. The lowest BCUT2D eigenvalue weighted by atomic mass is 9.98. The van der Waals surface area contributed by atoms with Gasteiger partial charge in [0.25, 0.3) is 5.56 Å². The van der Waals surface area contributed by atoms with Crippen molar-refractivity contribution in [2.24, 2.45) is 20.0 Å². The first kappa shape index (κ1) is 20.2. The Bertz CT molecular complexity index is 913. The Morgan fingerprint density at radius 3 is 2.77 bits per heavy atom. The second-order valence-electron chi connectivity index (χ2n) is 6.67. The Hall–Kier alpha value is -2.13. The summed E-state index contributed by atoms with van der Waals surface area (Å²) in [6, 6.07) is 0. The highest BCUT2D eigenvalue weighted by Gasteiger charge is 2.25. The molecule has 1 aliphatic heterocycles. The topological polar surface area (TPSA) is 94.2 Å². The van der Waals surface area contributed by atoms with Crippen LogP contribution in [0.15, 0.2) is 15.9 Å². The van der Waals surface area contributed by atoms with Gasteiger partial charge in [-0.1, -0.05) is 0 Å². The average molecular weight is 385 g/mol. The van der Waals surface area contributed by atoms with E-state index in [2.05, 4.69) is 10.3 Å². The van der Waals surface area contributed by atoms with Gasteiger partial charge in [-0.05, 0) is 32.4 Å². The van der Waals surface area contributed by atoms with Crippen LogP contribution in [-0.4, -0.2) is 56.2 Å². The van der Waals surface area contributed by atoms with Gasteiger partial charge in [0, 0.05) is 27.2 Å². The van der Waals surface area contributed by atoms with Crippen LogP contribution in [0, 0.1) is 5.92 Å². The molecule has 0 saturated carbocycles. The third-order valence-corrected chi connectivity index (χ3v) is 4.86. The van der Waals surface area contributed by atoms with Crippen LogP contribution in [0.4, 0.5) is 0 Å². The molecule has 3 heterocycles. The summed E-state index contributed by atoms with van der Waals surface area (Å²) in [6.07, 6.45) is 3.50. The lowest BCUT2D eigenvalue weighted by molar-refractivity contribution is -0.133. The number of fused-ring (bicyclic) bond motifs is 1. The number of aryl methyl sites for hydroxylation is 2. The Morgan fingerprint density at radius 2 is 2.08 bits per heavy atom. The second-order valence-corrected chi connectivity index (χ2v) is 6.67. The average Bonchev–Trinajstić information content (AvgIpc) is 2.99. The van der Waals surface area contributed by atoms with Gasteiger partial charge >= 0.3 is 5.69 Å². The normalized spacial score (nSPS) is 17.3.